The highest BCUT2D eigenvalue weighted by atomic mass is 16.6. The molecule has 3 N–H and O–H groups in total. The molecular weight excluding hydrogens is 276 g/mol. The maximum atomic E-state index is 11.3. The summed E-state index contributed by atoms with van der Waals surface area (Å²) in [6, 6.07) is 0. The second-order valence-electron chi connectivity index (χ2n) is 6.25. The number of carbonyl (C=O) groups is 2. The smallest absolute Gasteiger partial charge is 0.320 e. The fraction of sp³-hybridized carbons (Fsp3) is 0.867. The van der Waals surface area contributed by atoms with Crippen molar-refractivity contribution in [2.75, 3.05) is 19.8 Å². The van der Waals surface area contributed by atoms with E-state index in [0.29, 0.717) is 6.42 Å². The van der Waals surface area contributed by atoms with Crippen LogP contribution in [0.4, 0.5) is 0 Å². The quantitative estimate of drug-likeness (QED) is 0.519. The summed E-state index contributed by atoms with van der Waals surface area (Å²) in [6.45, 7) is 3.20. The van der Waals surface area contributed by atoms with Gasteiger partial charge >= 0.3 is 11.9 Å². The zero-order chi connectivity index (χ0) is 16.1. The topological polar surface area (TPSA) is 104 Å². The Kier molecular flexibility index (Phi) is 6.31. The standard InChI is InChI=1S/C9H12O3.C6H14O3/c1-9-5-3-2-4-6(9)7(10)12-8(9)11;1-2-6(3-7,4-8)5-9/h6H,2-5H2,1H3;7-9H,2-5H2,1H3. The first-order chi connectivity index (χ1) is 9.89. The van der Waals surface area contributed by atoms with Gasteiger partial charge in [0.2, 0.25) is 0 Å². The third-order valence-corrected chi connectivity index (χ3v) is 4.91. The Morgan fingerprint density at radius 2 is 1.76 bits per heavy atom. The first-order valence-corrected chi connectivity index (χ1v) is 7.48. The van der Waals surface area contributed by atoms with Crippen molar-refractivity contribution in [1.82, 2.24) is 0 Å². The molecule has 0 spiro atoms. The minimum Gasteiger partial charge on any atom is -0.396 e. The van der Waals surface area contributed by atoms with E-state index in [4.69, 9.17) is 15.3 Å². The van der Waals surface area contributed by atoms with E-state index in [1.165, 1.54) is 0 Å². The Balaban J connectivity index is 0.000000222. The summed E-state index contributed by atoms with van der Waals surface area (Å²) in [7, 11) is 0. The van der Waals surface area contributed by atoms with Gasteiger partial charge in [-0.25, -0.2) is 0 Å². The summed E-state index contributed by atoms with van der Waals surface area (Å²) >= 11 is 0. The first-order valence-electron chi connectivity index (χ1n) is 7.48. The average Bonchev–Trinajstić information content (AvgIpc) is 2.73. The average molecular weight is 302 g/mol. The van der Waals surface area contributed by atoms with E-state index in [-0.39, 0.29) is 37.7 Å². The number of aliphatic hydroxyl groups is 3. The van der Waals surface area contributed by atoms with Gasteiger partial charge in [0.15, 0.2) is 0 Å². The Bertz CT molecular complexity index is 359. The van der Waals surface area contributed by atoms with Crippen LogP contribution in [0.5, 0.6) is 0 Å². The molecule has 1 saturated carbocycles. The molecule has 21 heavy (non-hydrogen) atoms. The van der Waals surface area contributed by atoms with Gasteiger partial charge in [0, 0.05) is 5.41 Å². The van der Waals surface area contributed by atoms with E-state index in [0.717, 1.165) is 25.7 Å². The maximum absolute atomic E-state index is 11.3. The van der Waals surface area contributed by atoms with Gasteiger partial charge in [0.05, 0.1) is 31.2 Å². The van der Waals surface area contributed by atoms with Gasteiger partial charge < -0.3 is 20.1 Å². The Morgan fingerprint density at radius 3 is 2.14 bits per heavy atom. The summed E-state index contributed by atoms with van der Waals surface area (Å²) < 4.78 is 4.63. The summed E-state index contributed by atoms with van der Waals surface area (Å²) in [5.74, 6) is -0.766. The van der Waals surface area contributed by atoms with E-state index < -0.39 is 10.8 Å². The van der Waals surface area contributed by atoms with Gasteiger partial charge in [-0.05, 0) is 26.2 Å². The number of rotatable bonds is 4. The SMILES string of the molecule is CC12CCCCC1C(=O)OC2=O.CCC(CO)(CO)CO. The third-order valence-electron chi connectivity index (χ3n) is 4.91. The molecule has 6 nitrogen and oxygen atoms in total. The number of hydrogen-bond donors (Lipinski definition) is 3. The molecule has 0 aromatic carbocycles. The van der Waals surface area contributed by atoms with Crippen LogP contribution < -0.4 is 0 Å². The number of esters is 2. The molecule has 122 valence electrons. The fourth-order valence-electron chi connectivity index (χ4n) is 2.72. The third kappa shape index (κ3) is 3.62. The lowest BCUT2D eigenvalue weighted by Crippen LogP contribution is -2.33. The minimum atomic E-state index is -0.667. The number of cyclic esters (lactones) is 2. The van der Waals surface area contributed by atoms with Crippen LogP contribution in [0.1, 0.15) is 46.0 Å². The van der Waals surface area contributed by atoms with Crippen molar-refractivity contribution < 1.29 is 29.6 Å². The predicted octanol–water partition coefficient (Wildman–Crippen LogP) is 0.626. The molecule has 2 unspecified atom stereocenters. The second kappa shape index (κ2) is 7.33. The fourth-order valence-corrected chi connectivity index (χ4v) is 2.72. The van der Waals surface area contributed by atoms with Crippen molar-refractivity contribution in [2.24, 2.45) is 16.7 Å². The Hall–Kier alpha value is -0.980. The summed E-state index contributed by atoms with van der Waals surface area (Å²) in [5.41, 5.74) is -1.16. The molecule has 0 amide bonds. The van der Waals surface area contributed by atoms with E-state index in [1.54, 1.807) is 0 Å². The molecule has 0 radical (unpaired) electrons. The zero-order valence-electron chi connectivity index (χ0n) is 12.8. The van der Waals surface area contributed by atoms with Gasteiger partial charge in [-0.15, -0.1) is 0 Å². The lowest BCUT2D eigenvalue weighted by Gasteiger charge is -2.29. The van der Waals surface area contributed by atoms with E-state index in [2.05, 4.69) is 4.74 Å². The van der Waals surface area contributed by atoms with E-state index in [1.807, 2.05) is 13.8 Å². The van der Waals surface area contributed by atoms with Gasteiger partial charge in [-0.3, -0.25) is 9.59 Å². The van der Waals surface area contributed by atoms with Crippen LogP contribution in [-0.2, 0) is 14.3 Å². The van der Waals surface area contributed by atoms with Crippen molar-refractivity contribution in [3.8, 4) is 0 Å². The predicted molar refractivity (Wildman–Crippen MR) is 75.1 cm³/mol. The molecule has 0 aromatic rings. The van der Waals surface area contributed by atoms with E-state index in [9.17, 15) is 9.59 Å². The molecule has 1 saturated heterocycles. The van der Waals surface area contributed by atoms with Crippen LogP contribution in [0, 0.1) is 16.7 Å². The van der Waals surface area contributed by atoms with Gasteiger partial charge in [0.1, 0.15) is 0 Å². The van der Waals surface area contributed by atoms with Crippen molar-refractivity contribution >= 4 is 11.9 Å². The van der Waals surface area contributed by atoms with Gasteiger partial charge in [-0.1, -0.05) is 19.8 Å². The first kappa shape index (κ1) is 18.1. The molecule has 1 aliphatic carbocycles. The molecule has 0 aromatic heterocycles. The number of hydrogen-bond acceptors (Lipinski definition) is 6. The van der Waals surface area contributed by atoms with Crippen LogP contribution in [0.2, 0.25) is 0 Å². The van der Waals surface area contributed by atoms with Crippen molar-refractivity contribution in [1.29, 1.82) is 0 Å². The van der Waals surface area contributed by atoms with Crippen LogP contribution in [-0.4, -0.2) is 47.1 Å². The number of fused-ring (bicyclic) bond motifs is 1. The second-order valence-corrected chi connectivity index (χ2v) is 6.25. The normalized spacial score (nSPS) is 28.5. The highest BCUT2D eigenvalue weighted by molar-refractivity contribution is 5.99. The van der Waals surface area contributed by atoms with Crippen molar-refractivity contribution in [2.45, 2.75) is 46.0 Å². The Labute approximate surface area is 125 Å². The molecular formula is C15H26O6. The van der Waals surface area contributed by atoms with Crippen LogP contribution in [0.25, 0.3) is 0 Å². The highest BCUT2D eigenvalue weighted by Crippen LogP contribution is 2.46. The molecule has 2 atom stereocenters. The molecule has 2 rings (SSSR count). The lowest BCUT2D eigenvalue weighted by molar-refractivity contribution is -0.155. The highest BCUT2D eigenvalue weighted by Gasteiger charge is 2.54. The minimum absolute atomic E-state index is 0.154. The monoisotopic (exact) mass is 302 g/mol. The molecule has 1 heterocycles. The van der Waals surface area contributed by atoms with Crippen molar-refractivity contribution in [3.05, 3.63) is 0 Å². The summed E-state index contributed by atoms with van der Waals surface area (Å²) in [6.07, 6.45) is 4.30. The molecule has 2 fully saturated rings. The maximum Gasteiger partial charge on any atom is 0.320 e. The van der Waals surface area contributed by atoms with E-state index >= 15 is 0 Å². The summed E-state index contributed by atoms with van der Waals surface area (Å²) in [5, 5.41) is 26.0. The number of carbonyl (C=O) groups excluding carboxylic acids is 2. The van der Waals surface area contributed by atoms with Gasteiger partial charge in [-0.2, -0.15) is 0 Å². The van der Waals surface area contributed by atoms with Crippen LogP contribution in [0.15, 0.2) is 0 Å². The van der Waals surface area contributed by atoms with Gasteiger partial charge in [0.25, 0.3) is 0 Å². The summed E-state index contributed by atoms with van der Waals surface area (Å²) in [4.78, 5) is 22.5. The molecule has 6 heteroatoms. The number of aliphatic hydroxyl groups excluding tert-OH is 3. The Morgan fingerprint density at radius 1 is 1.19 bits per heavy atom. The molecule has 2 aliphatic rings. The molecule has 1 aliphatic heterocycles. The van der Waals surface area contributed by atoms with Crippen molar-refractivity contribution in [3.63, 3.8) is 0 Å². The zero-order valence-corrected chi connectivity index (χ0v) is 12.8. The largest absolute Gasteiger partial charge is 0.396 e. The number of ether oxygens (including phenoxy) is 1. The van der Waals surface area contributed by atoms with Crippen LogP contribution >= 0.6 is 0 Å². The van der Waals surface area contributed by atoms with Crippen LogP contribution in [0.3, 0.4) is 0 Å². The lowest BCUT2D eigenvalue weighted by atomic mass is 9.69. The molecule has 0 bridgehead atoms.